The quantitative estimate of drug-likeness (QED) is 0.645. The predicted octanol–water partition coefficient (Wildman–Crippen LogP) is 2.94. The zero-order valence-corrected chi connectivity index (χ0v) is 17.8. The van der Waals surface area contributed by atoms with Gasteiger partial charge in [-0.15, -0.1) is 0 Å². The standard InChI is InChI=1S/C23H24N6O2/c1-13-7-17(21-24-5-4-6-25-21)20(26-11-13)22(30)29-12-16-9-18(29)19(10-16)31-23-27-14(2)8-15(3)28-23/h4-8,11,16,18-19H,9-10,12H2,1-3H3/t16-,18?,19?/m1/s1. The van der Waals surface area contributed by atoms with E-state index >= 15 is 0 Å². The van der Waals surface area contributed by atoms with Gasteiger partial charge in [-0.25, -0.2) is 19.9 Å². The second kappa shape index (κ2) is 7.68. The summed E-state index contributed by atoms with van der Waals surface area (Å²) >= 11 is 0. The Bertz CT molecular complexity index is 1120. The lowest BCUT2D eigenvalue weighted by molar-refractivity contribution is 0.0447. The zero-order valence-electron chi connectivity index (χ0n) is 17.8. The molecule has 8 nitrogen and oxygen atoms in total. The molecule has 1 saturated carbocycles. The average Bonchev–Trinajstić information content (AvgIpc) is 3.34. The fourth-order valence-corrected chi connectivity index (χ4v) is 4.69. The molecule has 0 radical (unpaired) electrons. The van der Waals surface area contributed by atoms with Crippen LogP contribution in [0.2, 0.25) is 0 Å². The van der Waals surface area contributed by atoms with Gasteiger partial charge in [-0.1, -0.05) is 0 Å². The SMILES string of the molecule is Cc1cnc(C(=O)N2C[C@H]3CC(Oc4nc(C)cc(C)n4)C2C3)c(-c2ncccn2)c1. The van der Waals surface area contributed by atoms with Crippen LogP contribution in [0.4, 0.5) is 0 Å². The molecule has 1 aliphatic carbocycles. The van der Waals surface area contributed by atoms with Gasteiger partial charge in [0.05, 0.1) is 11.6 Å². The molecule has 0 spiro atoms. The Labute approximate surface area is 180 Å². The Morgan fingerprint density at radius 3 is 2.48 bits per heavy atom. The number of carbonyl (C=O) groups is 1. The first-order chi connectivity index (χ1) is 15.0. The van der Waals surface area contributed by atoms with Gasteiger partial charge in [-0.3, -0.25) is 9.78 Å². The number of likely N-dealkylation sites (tertiary alicyclic amines) is 1. The van der Waals surface area contributed by atoms with Crippen molar-refractivity contribution in [2.75, 3.05) is 6.54 Å². The maximum Gasteiger partial charge on any atom is 0.317 e. The van der Waals surface area contributed by atoms with E-state index in [1.807, 2.05) is 37.8 Å². The van der Waals surface area contributed by atoms with E-state index in [1.165, 1.54) is 0 Å². The first kappa shape index (κ1) is 19.5. The van der Waals surface area contributed by atoms with E-state index in [9.17, 15) is 4.79 Å². The van der Waals surface area contributed by atoms with Crippen LogP contribution in [0.3, 0.4) is 0 Å². The summed E-state index contributed by atoms with van der Waals surface area (Å²) < 4.78 is 6.16. The van der Waals surface area contributed by atoms with Crippen LogP contribution in [0.15, 0.2) is 36.8 Å². The molecule has 2 unspecified atom stereocenters. The van der Waals surface area contributed by atoms with Crippen molar-refractivity contribution in [2.45, 2.75) is 45.8 Å². The summed E-state index contributed by atoms with van der Waals surface area (Å²) in [5.41, 5.74) is 3.73. The van der Waals surface area contributed by atoms with Gasteiger partial charge in [0.2, 0.25) is 0 Å². The van der Waals surface area contributed by atoms with Crippen molar-refractivity contribution in [1.82, 2.24) is 29.8 Å². The summed E-state index contributed by atoms with van der Waals surface area (Å²) in [5, 5.41) is 0. The van der Waals surface area contributed by atoms with E-state index in [1.54, 1.807) is 24.7 Å². The number of aromatic nitrogens is 5. The monoisotopic (exact) mass is 416 g/mol. The van der Waals surface area contributed by atoms with Gasteiger partial charge in [0, 0.05) is 36.5 Å². The molecule has 158 valence electrons. The molecule has 1 saturated heterocycles. The molecule has 3 aromatic heterocycles. The molecule has 8 heteroatoms. The number of hydrogen-bond acceptors (Lipinski definition) is 7. The van der Waals surface area contributed by atoms with Crippen molar-refractivity contribution in [3.8, 4) is 17.4 Å². The highest BCUT2D eigenvalue weighted by molar-refractivity contribution is 5.98. The van der Waals surface area contributed by atoms with Gasteiger partial charge in [0.1, 0.15) is 11.8 Å². The summed E-state index contributed by atoms with van der Waals surface area (Å²) in [5.74, 6) is 0.805. The second-order valence-electron chi connectivity index (χ2n) is 8.43. The van der Waals surface area contributed by atoms with E-state index in [2.05, 4.69) is 24.9 Å². The lowest BCUT2D eigenvalue weighted by atomic mass is 10.1. The van der Waals surface area contributed by atoms with Crippen molar-refractivity contribution >= 4 is 5.91 Å². The van der Waals surface area contributed by atoms with Gasteiger partial charge in [-0.2, -0.15) is 0 Å². The molecule has 3 atom stereocenters. The van der Waals surface area contributed by atoms with Crippen molar-refractivity contribution in [1.29, 1.82) is 0 Å². The van der Waals surface area contributed by atoms with Crippen LogP contribution in [0.1, 0.15) is 40.3 Å². The highest BCUT2D eigenvalue weighted by Crippen LogP contribution is 2.40. The third kappa shape index (κ3) is 3.73. The molecule has 2 aliphatic rings. The number of nitrogens with zero attached hydrogens (tertiary/aromatic N) is 6. The van der Waals surface area contributed by atoms with Crippen molar-refractivity contribution in [3.63, 3.8) is 0 Å². The summed E-state index contributed by atoms with van der Waals surface area (Å²) in [7, 11) is 0. The molecular weight excluding hydrogens is 392 g/mol. The average molecular weight is 416 g/mol. The van der Waals surface area contributed by atoms with Crippen LogP contribution in [-0.4, -0.2) is 54.4 Å². The maximum absolute atomic E-state index is 13.6. The molecular formula is C23H24N6O2. The highest BCUT2D eigenvalue weighted by atomic mass is 16.5. The topological polar surface area (TPSA) is 94.0 Å². The van der Waals surface area contributed by atoms with Crippen molar-refractivity contribution in [2.24, 2.45) is 5.92 Å². The van der Waals surface area contributed by atoms with Gasteiger partial charge in [0.25, 0.3) is 5.91 Å². The first-order valence-corrected chi connectivity index (χ1v) is 10.5. The van der Waals surface area contributed by atoms with Crippen LogP contribution >= 0.6 is 0 Å². The summed E-state index contributed by atoms with van der Waals surface area (Å²) in [6, 6.07) is 5.95. The highest BCUT2D eigenvalue weighted by Gasteiger charge is 2.49. The van der Waals surface area contributed by atoms with Gasteiger partial charge in [-0.05, 0) is 63.3 Å². The Morgan fingerprint density at radius 1 is 1.03 bits per heavy atom. The molecule has 1 aliphatic heterocycles. The van der Waals surface area contributed by atoms with Crippen LogP contribution in [0.5, 0.6) is 6.01 Å². The Hall–Kier alpha value is -3.42. The van der Waals surface area contributed by atoms with Gasteiger partial charge >= 0.3 is 6.01 Å². The van der Waals surface area contributed by atoms with Crippen LogP contribution in [0.25, 0.3) is 11.4 Å². The fourth-order valence-electron chi connectivity index (χ4n) is 4.69. The second-order valence-corrected chi connectivity index (χ2v) is 8.43. The molecule has 0 aromatic carbocycles. The van der Waals surface area contributed by atoms with Crippen LogP contribution < -0.4 is 4.74 Å². The molecule has 5 rings (SSSR count). The van der Waals surface area contributed by atoms with Gasteiger partial charge in [0.15, 0.2) is 5.82 Å². The molecule has 1 amide bonds. The van der Waals surface area contributed by atoms with E-state index in [0.29, 0.717) is 35.6 Å². The zero-order chi connectivity index (χ0) is 21.5. The van der Waals surface area contributed by atoms with E-state index in [4.69, 9.17) is 4.74 Å². The van der Waals surface area contributed by atoms with Crippen LogP contribution in [-0.2, 0) is 0 Å². The minimum absolute atomic E-state index is 0.0189. The maximum atomic E-state index is 13.6. The molecule has 3 aromatic rings. The predicted molar refractivity (Wildman–Crippen MR) is 113 cm³/mol. The largest absolute Gasteiger partial charge is 0.458 e. The molecule has 4 heterocycles. The van der Waals surface area contributed by atoms with Crippen molar-refractivity contribution in [3.05, 3.63) is 59.4 Å². The summed E-state index contributed by atoms with van der Waals surface area (Å²) in [4.78, 5) is 37.4. The number of rotatable bonds is 4. The van der Waals surface area contributed by atoms with Crippen molar-refractivity contribution < 1.29 is 9.53 Å². The Kier molecular flexibility index (Phi) is 4.84. The number of pyridine rings is 1. The lowest BCUT2D eigenvalue weighted by Gasteiger charge is -2.33. The third-order valence-electron chi connectivity index (χ3n) is 5.94. The summed E-state index contributed by atoms with van der Waals surface area (Å²) in [6.07, 6.45) is 6.76. The van der Waals surface area contributed by atoms with E-state index in [0.717, 1.165) is 29.8 Å². The Morgan fingerprint density at radius 2 is 1.77 bits per heavy atom. The summed E-state index contributed by atoms with van der Waals surface area (Å²) in [6.45, 7) is 6.50. The van der Waals surface area contributed by atoms with E-state index in [-0.39, 0.29) is 18.1 Å². The molecule has 2 bridgehead atoms. The Balaban J connectivity index is 1.42. The van der Waals surface area contributed by atoms with E-state index < -0.39 is 0 Å². The fraction of sp³-hybridized carbons (Fsp3) is 0.391. The normalized spacial score (nSPS) is 22.0. The van der Waals surface area contributed by atoms with Crippen LogP contribution in [0, 0.1) is 26.7 Å². The number of amides is 1. The molecule has 31 heavy (non-hydrogen) atoms. The molecule has 2 fully saturated rings. The molecule has 0 N–H and O–H groups in total. The number of ether oxygens (including phenoxy) is 1. The number of aryl methyl sites for hydroxylation is 3. The number of piperidine rings is 1. The number of hydrogen-bond donors (Lipinski definition) is 0. The first-order valence-electron chi connectivity index (χ1n) is 10.5. The lowest BCUT2D eigenvalue weighted by Crippen LogP contribution is -2.47. The smallest absolute Gasteiger partial charge is 0.317 e. The number of fused-ring (bicyclic) bond motifs is 2. The third-order valence-corrected chi connectivity index (χ3v) is 5.94. The number of carbonyl (C=O) groups excluding carboxylic acids is 1. The minimum atomic E-state index is -0.120. The van der Waals surface area contributed by atoms with Gasteiger partial charge < -0.3 is 9.64 Å². The minimum Gasteiger partial charge on any atom is -0.458 e.